The van der Waals surface area contributed by atoms with Crippen molar-refractivity contribution in [1.29, 1.82) is 0 Å². The largest absolute Gasteiger partial charge is 0.507 e. The molecule has 8 aromatic rings. The average molecular weight is 989 g/mol. The number of aromatic hydroxyl groups is 1. The van der Waals surface area contributed by atoms with Gasteiger partial charge < -0.3 is 5.11 Å². The predicted octanol–water partition coefficient (Wildman–Crippen LogP) is 14.8. The van der Waals surface area contributed by atoms with Gasteiger partial charge in [0.2, 0.25) is 0 Å². The third-order valence-corrected chi connectivity index (χ3v) is 11.3. The minimum absolute atomic E-state index is 0. The Hall–Kier alpha value is -5.57. The van der Waals surface area contributed by atoms with Crippen LogP contribution in [0.1, 0.15) is 99.7 Å². The van der Waals surface area contributed by atoms with Gasteiger partial charge in [0.25, 0.3) is 0 Å². The third kappa shape index (κ3) is 8.66. The topological polar surface area (TPSA) is 50.9 Å². The van der Waals surface area contributed by atoms with Crippen molar-refractivity contribution >= 4 is 11.0 Å². The molecule has 0 fully saturated rings. The van der Waals surface area contributed by atoms with E-state index >= 15 is 0 Å². The van der Waals surface area contributed by atoms with Crippen molar-refractivity contribution in [3.05, 3.63) is 167 Å². The van der Waals surface area contributed by atoms with Crippen LogP contribution in [0.3, 0.4) is 0 Å². The molecule has 2 heterocycles. The predicted molar refractivity (Wildman–Crippen MR) is 252 cm³/mol. The van der Waals surface area contributed by atoms with E-state index in [4.69, 9.17) is 19.6 Å². The summed E-state index contributed by atoms with van der Waals surface area (Å²) < 4.78 is 60.6. The zero-order valence-corrected chi connectivity index (χ0v) is 38.8. The van der Waals surface area contributed by atoms with Gasteiger partial charge in [-0.15, -0.1) is 29.3 Å². The van der Waals surface area contributed by atoms with Crippen molar-refractivity contribution in [2.45, 2.75) is 92.3 Å². The molecule has 5 heteroatoms. The minimum Gasteiger partial charge on any atom is -0.507 e. The number of phenolic OH excluding ortho intramolecular Hbond substituents is 1. The molecule has 61 heavy (non-hydrogen) atoms. The molecule has 0 aliphatic heterocycles. The van der Waals surface area contributed by atoms with Crippen LogP contribution in [-0.2, 0) is 37.3 Å². The summed E-state index contributed by atoms with van der Waals surface area (Å²) in [6.07, 6.45) is 1.55. The second-order valence-electron chi connectivity index (χ2n) is 18.9. The van der Waals surface area contributed by atoms with Gasteiger partial charge >= 0.3 is 0 Å². The van der Waals surface area contributed by atoms with E-state index in [0.29, 0.717) is 33.7 Å². The van der Waals surface area contributed by atoms with Crippen molar-refractivity contribution in [1.82, 2.24) is 14.5 Å². The number of aromatic nitrogens is 3. The Labute approximate surface area is 386 Å². The number of pyridine rings is 1. The van der Waals surface area contributed by atoms with Gasteiger partial charge in [-0.05, 0) is 93.7 Å². The Kier molecular flexibility index (Phi) is 9.41. The Balaban J connectivity index is 0.00000684. The fourth-order valence-corrected chi connectivity index (χ4v) is 7.65. The van der Waals surface area contributed by atoms with Crippen molar-refractivity contribution in [2.75, 3.05) is 0 Å². The van der Waals surface area contributed by atoms with E-state index in [2.05, 4.69) is 121 Å². The SMILES string of the molecule is [2H]c1c([2H])c(C([2H])([2H])[2H])c([2H])c([2H])c1-c1ccnc(-c2[c-]c(-c3cccc4c3nc(-c3cc(C(C)(C)C)cc(C)c3O)n4-c3ccc(C(C)(C)C)cc3-c3ccccc3)cc(C(C)(C)C)c2)c1.[Pt]. The third-order valence-electron chi connectivity index (χ3n) is 11.3. The molecule has 0 spiro atoms. The number of rotatable bonds is 6. The first-order chi connectivity index (χ1) is 31.3. The quantitative estimate of drug-likeness (QED) is 0.169. The van der Waals surface area contributed by atoms with Gasteiger partial charge in [-0.1, -0.05) is 164 Å². The maximum Gasteiger partial charge on any atom is 0.148 e. The Morgan fingerprint density at radius 2 is 1.28 bits per heavy atom. The molecule has 0 amide bonds. The van der Waals surface area contributed by atoms with Crippen LogP contribution in [0.4, 0.5) is 0 Å². The van der Waals surface area contributed by atoms with Gasteiger partial charge in [-0.25, -0.2) is 4.98 Å². The number of nitrogens with zero attached hydrogens (tertiary/aromatic N) is 3. The summed E-state index contributed by atoms with van der Waals surface area (Å²) in [5, 5.41) is 12.0. The summed E-state index contributed by atoms with van der Waals surface area (Å²) in [7, 11) is 0. The summed E-state index contributed by atoms with van der Waals surface area (Å²) in [5.74, 6) is 0.740. The van der Waals surface area contributed by atoms with Crippen molar-refractivity contribution in [3.63, 3.8) is 0 Å². The Morgan fingerprint density at radius 3 is 1.95 bits per heavy atom. The van der Waals surface area contributed by atoms with Crippen LogP contribution in [0.25, 0.3) is 72.7 Å². The molecule has 0 saturated carbocycles. The summed E-state index contributed by atoms with van der Waals surface area (Å²) >= 11 is 0. The standard InChI is InChI=1S/C56H56N3O.Pt/c1-35-20-22-37(23-21-35)39-26-27-57-48(32-39)41-29-40(30-44(31-41)56(9,10)11)45-18-15-19-50-51(45)58-53(47-34-43(55(6,7)8)28-36(2)52(47)60)59(50)49-25-24-42(54(3,4)5)33-46(49)38-16-13-12-14-17-38;/h12-28,30-34,60H,1-11H3;/q-1;/i1D3,20D,21D,22D,23D;. The minimum atomic E-state index is -2.82. The summed E-state index contributed by atoms with van der Waals surface area (Å²) in [5.41, 5.74) is 10.8. The molecule has 8 rings (SSSR count). The molecule has 0 atom stereocenters. The number of para-hydroxylation sites is 1. The number of phenols is 1. The van der Waals surface area contributed by atoms with Gasteiger partial charge in [0.05, 0.1) is 27.8 Å². The molecule has 0 saturated heterocycles. The zero-order chi connectivity index (χ0) is 48.7. The van der Waals surface area contributed by atoms with Gasteiger partial charge in [-0.3, -0.25) is 9.55 Å². The normalized spacial score (nSPS) is 14.0. The molecular weight excluding hydrogens is 926 g/mol. The number of fused-ring (bicyclic) bond motifs is 1. The van der Waals surface area contributed by atoms with E-state index in [1.807, 2.05) is 49.4 Å². The summed E-state index contributed by atoms with van der Waals surface area (Å²) in [4.78, 5) is 10.3. The maximum absolute atomic E-state index is 12.0. The van der Waals surface area contributed by atoms with E-state index in [0.717, 1.165) is 50.1 Å². The molecule has 4 nitrogen and oxygen atoms in total. The van der Waals surface area contributed by atoms with Crippen LogP contribution in [-0.4, -0.2) is 19.6 Å². The maximum atomic E-state index is 12.0. The van der Waals surface area contributed by atoms with Gasteiger partial charge in [0, 0.05) is 42.6 Å². The van der Waals surface area contributed by atoms with Crippen molar-refractivity contribution in [3.8, 4) is 67.5 Å². The number of hydrogen-bond donors (Lipinski definition) is 1. The van der Waals surface area contributed by atoms with Gasteiger partial charge in [-0.2, -0.15) is 0 Å². The van der Waals surface area contributed by atoms with E-state index in [1.54, 1.807) is 18.3 Å². The molecule has 1 N–H and O–H groups in total. The molecular formula is C56H56N3OPt-. The van der Waals surface area contributed by atoms with Crippen LogP contribution in [0.5, 0.6) is 5.75 Å². The average Bonchev–Trinajstić information content (AvgIpc) is 3.65. The van der Waals surface area contributed by atoms with Crippen LogP contribution < -0.4 is 0 Å². The molecule has 0 radical (unpaired) electrons. The van der Waals surface area contributed by atoms with E-state index in [1.165, 1.54) is 5.56 Å². The van der Waals surface area contributed by atoms with Crippen LogP contribution in [0.15, 0.2) is 133 Å². The Morgan fingerprint density at radius 1 is 0.623 bits per heavy atom. The number of benzene rings is 6. The van der Waals surface area contributed by atoms with E-state index in [9.17, 15) is 5.11 Å². The molecule has 2 aromatic heterocycles. The number of hydrogen-bond acceptors (Lipinski definition) is 3. The number of aryl methyl sites for hydroxylation is 1. The second kappa shape index (κ2) is 16.4. The summed E-state index contributed by atoms with van der Waals surface area (Å²) in [6, 6.07) is 36.2. The molecule has 0 unspecified atom stereocenters. The molecule has 0 aliphatic carbocycles. The molecule has 6 aromatic carbocycles. The smallest absolute Gasteiger partial charge is 0.148 e. The Bertz CT molecular complexity index is 3220. The van der Waals surface area contributed by atoms with Crippen LogP contribution in [0, 0.1) is 19.8 Å². The van der Waals surface area contributed by atoms with Crippen LogP contribution in [0.2, 0.25) is 0 Å². The van der Waals surface area contributed by atoms with Gasteiger partial charge in [0.15, 0.2) is 0 Å². The molecule has 0 aliphatic rings. The van der Waals surface area contributed by atoms with E-state index < -0.39 is 36.6 Å². The first-order valence-electron chi connectivity index (χ1n) is 24.0. The zero-order valence-electron chi connectivity index (χ0n) is 43.5. The molecule has 312 valence electrons. The summed E-state index contributed by atoms with van der Waals surface area (Å²) in [6.45, 7) is 18.6. The fraction of sp³-hybridized carbons (Fsp3) is 0.250. The van der Waals surface area contributed by atoms with Crippen LogP contribution >= 0.6 is 0 Å². The first-order valence-corrected chi connectivity index (χ1v) is 20.5. The second-order valence-corrected chi connectivity index (χ2v) is 18.9. The van der Waals surface area contributed by atoms with Crippen molar-refractivity contribution in [2.24, 2.45) is 0 Å². The molecule has 0 bridgehead atoms. The van der Waals surface area contributed by atoms with E-state index in [-0.39, 0.29) is 48.6 Å². The van der Waals surface area contributed by atoms with Gasteiger partial charge in [0.1, 0.15) is 11.6 Å². The number of imidazole rings is 1. The first kappa shape index (κ1) is 35.1. The monoisotopic (exact) mass is 988 g/mol. The fourth-order valence-electron chi connectivity index (χ4n) is 7.65. The van der Waals surface area contributed by atoms with Crippen molar-refractivity contribution < 1.29 is 35.8 Å².